The Labute approximate surface area is 221 Å². The third-order valence-corrected chi connectivity index (χ3v) is 6.34. The molecule has 4 aromatic carbocycles. The minimum Gasteiger partial charge on any atom is -0.508 e. The molecule has 0 bridgehead atoms. The number of phenols is 4. The molecule has 0 aromatic heterocycles. The average molecular weight is 515 g/mol. The second-order valence-electron chi connectivity index (χ2n) is 8.73. The molecule has 38 heavy (non-hydrogen) atoms. The topological polar surface area (TPSA) is 109 Å². The molecule has 0 spiro atoms. The minimum absolute atomic E-state index is 0.0402. The summed E-state index contributed by atoms with van der Waals surface area (Å²) in [6.07, 6.45) is 4.58. The van der Waals surface area contributed by atoms with Crippen molar-refractivity contribution in [3.63, 3.8) is 0 Å². The molecule has 0 saturated heterocycles. The summed E-state index contributed by atoms with van der Waals surface area (Å²) in [7, 11) is 4.51. The highest BCUT2D eigenvalue weighted by atomic mass is 16.5. The molecule has 0 aliphatic heterocycles. The van der Waals surface area contributed by atoms with Crippen LogP contribution in [0.3, 0.4) is 0 Å². The van der Waals surface area contributed by atoms with E-state index in [9.17, 15) is 20.4 Å². The molecule has 0 aliphatic rings. The largest absolute Gasteiger partial charge is 0.508 e. The van der Waals surface area contributed by atoms with Crippen molar-refractivity contribution < 1.29 is 34.6 Å². The Morgan fingerprint density at radius 2 is 1.13 bits per heavy atom. The van der Waals surface area contributed by atoms with Crippen molar-refractivity contribution >= 4 is 12.2 Å². The van der Waals surface area contributed by atoms with Crippen LogP contribution in [0.2, 0.25) is 0 Å². The molecule has 0 atom stereocenters. The third-order valence-electron chi connectivity index (χ3n) is 6.34. The van der Waals surface area contributed by atoms with E-state index in [4.69, 9.17) is 14.2 Å². The zero-order valence-electron chi connectivity index (χ0n) is 21.4. The van der Waals surface area contributed by atoms with Crippen molar-refractivity contribution in [3.8, 4) is 40.2 Å². The summed E-state index contributed by atoms with van der Waals surface area (Å²) in [6, 6.07) is 18.6. The molecule has 0 amide bonds. The van der Waals surface area contributed by atoms with Crippen LogP contribution in [0.1, 0.15) is 33.4 Å². The van der Waals surface area contributed by atoms with Crippen LogP contribution in [0.4, 0.5) is 0 Å². The minimum atomic E-state index is -0.0402. The standard InChI is InChI=1S/C31H30O7/c1-36-29-18-28(35)25(16-19-4-10-22(32)11-5-19)24(26(29)17-20-6-12-23(33)13-7-20)14-8-21-9-15-27(34)31(38-3)30(21)37-2/h4-15,18,32-35H,16-17H2,1-3H3. The molecule has 7 nitrogen and oxygen atoms in total. The number of hydrogen-bond acceptors (Lipinski definition) is 7. The highest BCUT2D eigenvalue weighted by Gasteiger charge is 2.19. The molecule has 4 N–H and O–H groups in total. The first kappa shape index (κ1) is 26.3. The molecule has 196 valence electrons. The lowest BCUT2D eigenvalue weighted by Gasteiger charge is -2.19. The van der Waals surface area contributed by atoms with Gasteiger partial charge in [0.05, 0.1) is 21.3 Å². The first-order valence-electron chi connectivity index (χ1n) is 11.9. The van der Waals surface area contributed by atoms with Gasteiger partial charge >= 0.3 is 0 Å². The summed E-state index contributed by atoms with van der Waals surface area (Å²) in [5.74, 6) is 1.47. The fraction of sp³-hybridized carbons (Fsp3) is 0.161. The molecule has 0 fully saturated rings. The van der Waals surface area contributed by atoms with Crippen molar-refractivity contribution in [3.05, 3.63) is 100 Å². The molecule has 4 aromatic rings. The van der Waals surface area contributed by atoms with Gasteiger partial charge in [-0.05, 0) is 53.1 Å². The lowest BCUT2D eigenvalue weighted by atomic mass is 9.90. The molecule has 0 saturated carbocycles. The van der Waals surface area contributed by atoms with Crippen molar-refractivity contribution in [1.82, 2.24) is 0 Å². The number of hydrogen-bond donors (Lipinski definition) is 4. The Bertz CT molecular complexity index is 1440. The van der Waals surface area contributed by atoms with E-state index in [1.165, 1.54) is 20.3 Å². The summed E-state index contributed by atoms with van der Waals surface area (Å²) < 4.78 is 16.5. The molecular weight excluding hydrogens is 484 g/mol. The van der Waals surface area contributed by atoms with E-state index in [2.05, 4.69) is 0 Å². The maximum Gasteiger partial charge on any atom is 0.203 e. The smallest absolute Gasteiger partial charge is 0.203 e. The van der Waals surface area contributed by atoms with Gasteiger partial charge in [0.1, 0.15) is 23.0 Å². The lowest BCUT2D eigenvalue weighted by Crippen LogP contribution is -2.03. The summed E-state index contributed by atoms with van der Waals surface area (Å²) in [6.45, 7) is 0. The van der Waals surface area contributed by atoms with E-state index in [0.29, 0.717) is 35.5 Å². The zero-order valence-corrected chi connectivity index (χ0v) is 21.4. The van der Waals surface area contributed by atoms with E-state index in [0.717, 1.165) is 22.3 Å². The SMILES string of the molecule is COc1cc(O)c(Cc2ccc(O)cc2)c(C=Cc2ccc(O)c(OC)c2OC)c1Cc1ccc(O)cc1. The van der Waals surface area contributed by atoms with Crippen LogP contribution in [0.15, 0.2) is 66.7 Å². The van der Waals surface area contributed by atoms with Crippen LogP contribution in [-0.2, 0) is 12.8 Å². The van der Waals surface area contributed by atoms with Crippen LogP contribution in [0, 0.1) is 0 Å². The molecule has 0 unspecified atom stereocenters. The Morgan fingerprint density at radius 1 is 0.579 bits per heavy atom. The van der Waals surface area contributed by atoms with Gasteiger partial charge in [-0.2, -0.15) is 0 Å². The maximum atomic E-state index is 11.1. The van der Waals surface area contributed by atoms with Crippen molar-refractivity contribution in [2.24, 2.45) is 0 Å². The van der Waals surface area contributed by atoms with E-state index in [1.54, 1.807) is 55.6 Å². The van der Waals surface area contributed by atoms with Gasteiger partial charge in [-0.1, -0.05) is 36.4 Å². The Hall–Kier alpha value is -4.78. The van der Waals surface area contributed by atoms with Gasteiger partial charge in [0.2, 0.25) is 5.75 Å². The first-order chi connectivity index (χ1) is 18.3. The second kappa shape index (κ2) is 11.5. The van der Waals surface area contributed by atoms with Gasteiger partial charge in [-0.3, -0.25) is 0 Å². The number of ether oxygens (including phenoxy) is 3. The summed E-state index contributed by atoms with van der Waals surface area (Å²) >= 11 is 0. The maximum absolute atomic E-state index is 11.1. The Balaban J connectivity index is 1.90. The van der Waals surface area contributed by atoms with E-state index >= 15 is 0 Å². The van der Waals surface area contributed by atoms with E-state index in [-0.39, 0.29) is 28.7 Å². The molecule has 4 rings (SSSR count). The van der Waals surface area contributed by atoms with Gasteiger partial charge in [-0.15, -0.1) is 0 Å². The third kappa shape index (κ3) is 5.62. The fourth-order valence-electron chi connectivity index (χ4n) is 4.42. The highest BCUT2D eigenvalue weighted by Crippen LogP contribution is 2.41. The van der Waals surface area contributed by atoms with Gasteiger partial charge < -0.3 is 34.6 Å². The molecule has 7 heteroatoms. The van der Waals surface area contributed by atoms with Gasteiger partial charge in [-0.25, -0.2) is 0 Å². The van der Waals surface area contributed by atoms with Gasteiger partial charge in [0, 0.05) is 35.6 Å². The second-order valence-corrected chi connectivity index (χ2v) is 8.73. The predicted molar refractivity (Wildman–Crippen MR) is 147 cm³/mol. The molecule has 0 radical (unpaired) electrons. The van der Waals surface area contributed by atoms with E-state index in [1.807, 2.05) is 24.3 Å². The predicted octanol–water partition coefficient (Wildman–Crippen LogP) is 5.89. The van der Waals surface area contributed by atoms with Crippen LogP contribution < -0.4 is 14.2 Å². The fourth-order valence-corrected chi connectivity index (χ4v) is 4.42. The number of benzene rings is 4. The van der Waals surface area contributed by atoms with Crippen LogP contribution in [0.5, 0.6) is 40.2 Å². The Kier molecular flexibility index (Phi) is 7.97. The molecular formula is C31H30O7. The first-order valence-corrected chi connectivity index (χ1v) is 11.9. The van der Waals surface area contributed by atoms with Crippen LogP contribution in [0.25, 0.3) is 12.2 Å². The summed E-state index contributed by atoms with van der Waals surface area (Å²) in [5, 5.41) is 40.7. The zero-order chi connectivity index (χ0) is 27.2. The quantitative estimate of drug-likeness (QED) is 0.206. The van der Waals surface area contributed by atoms with Crippen LogP contribution in [-0.4, -0.2) is 41.8 Å². The Morgan fingerprint density at radius 3 is 1.66 bits per heavy atom. The highest BCUT2D eigenvalue weighted by molar-refractivity contribution is 5.80. The summed E-state index contributed by atoms with van der Waals surface area (Å²) in [4.78, 5) is 0. The van der Waals surface area contributed by atoms with Crippen molar-refractivity contribution in [2.45, 2.75) is 12.8 Å². The number of aromatic hydroxyl groups is 4. The monoisotopic (exact) mass is 514 g/mol. The lowest BCUT2D eigenvalue weighted by molar-refractivity contribution is 0.332. The molecule has 0 heterocycles. The van der Waals surface area contributed by atoms with Crippen LogP contribution >= 0.6 is 0 Å². The summed E-state index contributed by atoms with van der Waals surface area (Å²) in [5.41, 5.74) is 4.77. The number of rotatable bonds is 9. The number of methoxy groups -OCH3 is 3. The van der Waals surface area contributed by atoms with Gasteiger partial charge in [0.15, 0.2) is 11.5 Å². The normalized spacial score (nSPS) is 11.0. The van der Waals surface area contributed by atoms with Crippen molar-refractivity contribution in [1.29, 1.82) is 0 Å². The average Bonchev–Trinajstić information content (AvgIpc) is 2.92. The van der Waals surface area contributed by atoms with E-state index < -0.39 is 0 Å². The van der Waals surface area contributed by atoms with Gasteiger partial charge in [0.25, 0.3) is 0 Å². The van der Waals surface area contributed by atoms with Crippen molar-refractivity contribution in [2.75, 3.05) is 21.3 Å². The molecule has 0 aliphatic carbocycles. The number of phenolic OH excluding ortho intramolecular Hbond substituents is 4.